The summed E-state index contributed by atoms with van der Waals surface area (Å²) in [5, 5.41) is 10.5. The Balaban J connectivity index is 1.91. The first kappa shape index (κ1) is 19.6. The highest BCUT2D eigenvalue weighted by Crippen LogP contribution is 2.19. The van der Waals surface area contributed by atoms with E-state index in [1.54, 1.807) is 72.4 Å². The lowest BCUT2D eigenvalue weighted by atomic mass is 10.0. The SMILES string of the molecule is Cn1cc(C(=O)c2ccc(Cl)cc2)cc1C=C(C#N)C(=O)c1ccc(Cl)cc1. The molecule has 0 spiro atoms. The number of ketones is 2. The number of aromatic nitrogens is 1. The van der Waals surface area contributed by atoms with E-state index in [4.69, 9.17) is 23.2 Å². The molecule has 0 amide bonds. The van der Waals surface area contributed by atoms with Crippen LogP contribution in [0.4, 0.5) is 0 Å². The Kier molecular flexibility index (Phi) is 5.79. The monoisotopic (exact) mass is 408 g/mol. The van der Waals surface area contributed by atoms with Crippen molar-refractivity contribution < 1.29 is 9.59 Å². The third kappa shape index (κ3) is 4.23. The molecule has 0 N–H and O–H groups in total. The van der Waals surface area contributed by atoms with Crippen molar-refractivity contribution in [2.45, 2.75) is 0 Å². The Morgan fingerprint density at radius 1 is 0.929 bits per heavy atom. The van der Waals surface area contributed by atoms with E-state index in [1.165, 1.54) is 6.08 Å². The van der Waals surface area contributed by atoms with Crippen LogP contribution in [0.2, 0.25) is 10.0 Å². The van der Waals surface area contributed by atoms with Crippen molar-refractivity contribution in [3.05, 3.63) is 98.8 Å². The summed E-state index contributed by atoms with van der Waals surface area (Å²) in [6.07, 6.45) is 3.13. The minimum absolute atomic E-state index is 0.0333. The summed E-state index contributed by atoms with van der Waals surface area (Å²) in [6.45, 7) is 0. The molecule has 2 aromatic carbocycles. The first-order valence-corrected chi connectivity index (χ1v) is 9.03. The Morgan fingerprint density at radius 2 is 1.46 bits per heavy atom. The van der Waals surface area contributed by atoms with Gasteiger partial charge in [-0.1, -0.05) is 23.2 Å². The fourth-order valence-corrected chi connectivity index (χ4v) is 2.92. The fourth-order valence-electron chi connectivity index (χ4n) is 2.67. The van der Waals surface area contributed by atoms with Crippen molar-refractivity contribution in [1.29, 1.82) is 5.26 Å². The number of aryl methyl sites for hydroxylation is 1. The molecule has 0 saturated carbocycles. The number of Topliss-reactive ketones (excluding diaryl/α,β-unsaturated/α-hetero) is 1. The van der Waals surface area contributed by atoms with Crippen molar-refractivity contribution >= 4 is 40.8 Å². The first-order chi connectivity index (χ1) is 13.4. The molecule has 28 heavy (non-hydrogen) atoms. The number of rotatable bonds is 5. The molecule has 0 aliphatic rings. The molecule has 1 aromatic heterocycles. The highest BCUT2D eigenvalue weighted by Gasteiger charge is 2.16. The lowest BCUT2D eigenvalue weighted by Crippen LogP contribution is -2.02. The van der Waals surface area contributed by atoms with Gasteiger partial charge in [0.15, 0.2) is 5.78 Å². The first-order valence-electron chi connectivity index (χ1n) is 8.27. The summed E-state index contributed by atoms with van der Waals surface area (Å²) >= 11 is 11.7. The summed E-state index contributed by atoms with van der Waals surface area (Å²) in [5.41, 5.74) is 1.85. The van der Waals surface area contributed by atoms with Gasteiger partial charge in [0, 0.05) is 45.7 Å². The van der Waals surface area contributed by atoms with Gasteiger partial charge in [-0.15, -0.1) is 0 Å². The van der Waals surface area contributed by atoms with Gasteiger partial charge < -0.3 is 4.57 Å². The number of allylic oxidation sites excluding steroid dienone is 1. The van der Waals surface area contributed by atoms with Crippen LogP contribution in [0.15, 0.2) is 66.4 Å². The smallest absolute Gasteiger partial charge is 0.203 e. The molecule has 4 nitrogen and oxygen atoms in total. The summed E-state index contributed by atoms with van der Waals surface area (Å²) in [4.78, 5) is 25.2. The minimum atomic E-state index is -0.411. The number of benzene rings is 2. The van der Waals surface area contributed by atoms with Crippen LogP contribution in [0, 0.1) is 11.3 Å². The summed E-state index contributed by atoms with van der Waals surface area (Å²) in [5.74, 6) is -0.583. The zero-order valence-corrected chi connectivity index (χ0v) is 16.3. The van der Waals surface area contributed by atoms with Crippen molar-refractivity contribution in [3.8, 4) is 6.07 Å². The minimum Gasteiger partial charge on any atom is -0.350 e. The molecule has 6 heteroatoms. The number of carbonyl (C=O) groups excluding carboxylic acids is 2. The molecule has 138 valence electrons. The molecule has 3 rings (SSSR count). The number of hydrogen-bond acceptors (Lipinski definition) is 3. The molecule has 0 unspecified atom stereocenters. The Hall–Kier alpha value is -3.13. The second kappa shape index (κ2) is 8.26. The molecule has 0 bridgehead atoms. The molecule has 3 aromatic rings. The standard InChI is InChI=1S/C22H14Cl2N2O2/c1-26-13-17(22(28)15-4-8-19(24)9-5-15)11-20(26)10-16(12-25)21(27)14-2-6-18(23)7-3-14/h2-11,13H,1H3. The maximum atomic E-state index is 12.6. The summed E-state index contributed by atoms with van der Waals surface area (Å²) in [6, 6.07) is 16.5. The average Bonchev–Trinajstić information content (AvgIpc) is 3.06. The second-order valence-corrected chi connectivity index (χ2v) is 6.98. The zero-order chi connectivity index (χ0) is 20.3. The van der Waals surface area contributed by atoms with Gasteiger partial charge in [-0.3, -0.25) is 9.59 Å². The number of nitriles is 1. The number of nitrogens with zero attached hydrogens (tertiary/aromatic N) is 2. The molecule has 0 saturated heterocycles. The highest BCUT2D eigenvalue weighted by atomic mass is 35.5. The normalized spacial score (nSPS) is 11.1. The lowest BCUT2D eigenvalue weighted by Gasteiger charge is -2.01. The van der Waals surface area contributed by atoms with Crippen LogP contribution in [0.5, 0.6) is 0 Å². The Morgan fingerprint density at radius 3 is 2.00 bits per heavy atom. The number of hydrogen-bond donors (Lipinski definition) is 0. The third-order valence-corrected chi connectivity index (χ3v) is 4.68. The Labute approximate surface area is 172 Å². The molecule has 0 fully saturated rings. The van der Waals surface area contributed by atoms with Gasteiger partial charge in [-0.25, -0.2) is 0 Å². The zero-order valence-electron chi connectivity index (χ0n) is 14.8. The van der Waals surface area contributed by atoms with Crippen LogP contribution >= 0.6 is 23.2 Å². The maximum absolute atomic E-state index is 12.6. The molecule has 0 radical (unpaired) electrons. The van der Waals surface area contributed by atoms with E-state index >= 15 is 0 Å². The topological polar surface area (TPSA) is 62.9 Å². The number of carbonyl (C=O) groups is 2. The van der Waals surface area contributed by atoms with Crippen molar-refractivity contribution in [2.24, 2.45) is 7.05 Å². The van der Waals surface area contributed by atoms with E-state index < -0.39 is 5.78 Å². The van der Waals surface area contributed by atoms with E-state index in [-0.39, 0.29) is 11.4 Å². The Bertz CT molecular complexity index is 1120. The van der Waals surface area contributed by atoms with Crippen molar-refractivity contribution in [1.82, 2.24) is 4.57 Å². The van der Waals surface area contributed by atoms with Gasteiger partial charge in [0.25, 0.3) is 0 Å². The van der Waals surface area contributed by atoms with Crippen LogP contribution in [0.3, 0.4) is 0 Å². The van der Waals surface area contributed by atoms with E-state index in [0.29, 0.717) is 32.4 Å². The van der Waals surface area contributed by atoms with Crippen LogP contribution in [0.25, 0.3) is 6.08 Å². The highest BCUT2D eigenvalue weighted by molar-refractivity contribution is 6.31. The van der Waals surface area contributed by atoms with Gasteiger partial charge in [0.2, 0.25) is 5.78 Å². The third-order valence-electron chi connectivity index (χ3n) is 4.18. The lowest BCUT2D eigenvalue weighted by molar-refractivity contribution is 0.103. The average molecular weight is 409 g/mol. The van der Waals surface area contributed by atoms with Crippen LogP contribution in [-0.4, -0.2) is 16.1 Å². The van der Waals surface area contributed by atoms with Crippen molar-refractivity contribution in [3.63, 3.8) is 0 Å². The fraction of sp³-hybridized carbons (Fsp3) is 0.0455. The maximum Gasteiger partial charge on any atom is 0.203 e. The summed E-state index contributed by atoms with van der Waals surface area (Å²) in [7, 11) is 1.74. The van der Waals surface area contributed by atoms with Crippen molar-refractivity contribution in [2.75, 3.05) is 0 Å². The largest absolute Gasteiger partial charge is 0.350 e. The van der Waals surface area contributed by atoms with Crippen LogP contribution in [-0.2, 0) is 7.05 Å². The van der Waals surface area contributed by atoms with Gasteiger partial charge in [0.05, 0.1) is 0 Å². The van der Waals surface area contributed by atoms with Crippen LogP contribution < -0.4 is 0 Å². The quantitative estimate of drug-likeness (QED) is 0.324. The van der Waals surface area contributed by atoms with Gasteiger partial charge in [0.1, 0.15) is 11.6 Å². The van der Waals surface area contributed by atoms with Crippen LogP contribution in [0.1, 0.15) is 32.0 Å². The predicted octanol–water partition coefficient (Wildman–Crippen LogP) is 5.35. The van der Waals surface area contributed by atoms with Gasteiger partial charge >= 0.3 is 0 Å². The molecule has 0 aliphatic heterocycles. The molecular formula is C22H14Cl2N2O2. The van der Waals surface area contributed by atoms with E-state index in [1.807, 2.05) is 6.07 Å². The number of halogens is 2. The molecule has 1 heterocycles. The van der Waals surface area contributed by atoms with E-state index in [2.05, 4.69) is 0 Å². The second-order valence-electron chi connectivity index (χ2n) is 6.11. The molecule has 0 aliphatic carbocycles. The van der Waals surface area contributed by atoms with E-state index in [0.717, 1.165) is 0 Å². The predicted molar refractivity (Wildman–Crippen MR) is 110 cm³/mol. The summed E-state index contributed by atoms with van der Waals surface area (Å²) < 4.78 is 1.69. The van der Waals surface area contributed by atoms with Gasteiger partial charge in [-0.05, 0) is 60.7 Å². The van der Waals surface area contributed by atoms with E-state index in [9.17, 15) is 14.9 Å². The van der Waals surface area contributed by atoms with Gasteiger partial charge in [-0.2, -0.15) is 5.26 Å². The molecule has 0 atom stereocenters. The molecular weight excluding hydrogens is 395 g/mol.